The van der Waals surface area contributed by atoms with Gasteiger partial charge >= 0.3 is 0 Å². The summed E-state index contributed by atoms with van der Waals surface area (Å²) in [7, 11) is 2.13. The van der Waals surface area contributed by atoms with Crippen LogP contribution in [0.3, 0.4) is 0 Å². The van der Waals surface area contributed by atoms with Crippen molar-refractivity contribution >= 4 is 11.3 Å². The van der Waals surface area contributed by atoms with E-state index in [2.05, 4.69) is 31.4 Å². The predicted octanol–water partition coefficient (Wildman–Crippen LogP) is 4.02. The summed E-state index contributed by atoms with van der Waals surface area (Å²) in [6.45, 7) is 2.24. The van der Waals surface area contributed by atoms with Gasteiger partial charge in [-0.25, -0.2) is 0 Å². The fourth-order valence-corrected chi connectivity index (χ4v) is 3.99. The van der Waals surface area contributed by atoms with Crippen LogP contribution in [0.5, 0.6) is 0 Å². The van der Waals surface area contributed by atoms with Crippen LogP contribution in [0.25, 0.3) is 0 Å². The van der Waals surface area contributed by atoms with E-state index in [1.165, 1.54) is 49.8 Å². The monoisotopic (exact) mass is 251 g/mol. The molecule has 0 aromatic carbocycles. The quantitative estimate of drug-likeness (QED) is 0.805. The maximum absolute atomic E-state index is 3.54. The van der Waals surface area contributed by atoms with Gasteiger partial charge in [-0.05, 0) is 57.2 Å². The SMILES string of the molecule is CCc1ccc(CCC(NC)C2CCCC2)s1. The van der Waals surface area contributed by atoms with Crippen LogP contribution < -0.4 is 5.32 Å². The highest BCUT2D eigenvalue weighted by molar-refractivity contribution is 7.11. The molecule has 1 atom stereocenters. The molecule has 1 aromatic rings. The van der Waals surface area contributed by atoms with Crippen molar-refractivity contribution in [2.45, 2.75) is 57.9 Å². The van der Waals surface area contributed by atoms with E-state index >= 15 is 0 Å². The Morgan fingerprint density at radius 3 is 2.59 bits per heavy atom. The Balaban J connectivity index is 1.82. The summed E-state index contributed by atoms with van der Waals surface area (Å²) in [5.41, 5.74) is 0. The molecule has 1 aliphatic rings. The third kappa shape index (κ3) is 3.56. The highest BCUT2D eigenvalue weighted by Crippen LogP contribution is 2.30. The zero-order valence-corrected chi connectivity index (χ0v) is 12.0. The number of thiophene rings is 1. The Labute approximate surface area is 110 Å². The van der Waals surface area contributed by atoms with E-state index in [4.69, 9.17) is 0 Å². The lowest BCUT2D eigenvalue weighted by atomic mass is 9.94. The molecule has 1 aliphatic carbocycles. The zero-order valence-electron chi connectivity index (χ0n) is 11.2. The third-order valence-corrected chi connectivity index (χ3v) is 5.40. The van der Waals surface area contributed by atoms with Crippen LogP contribution in [0.2, 0.25) is 0 Å². The molecular formula is C15H25NS. The fraction of sp³-hybridized carbons (Fsp3) is 0.733. The first-order valence-corrected chi connectivity index (χ1v) is 7.90. The second-order valence-electron chi connectivity index (χ2n) is 5.20. The van der Waals surface area contributed by atoms with Gasteiger partial charge in [0.25, 0.3) is 0 Å². The molecule has 96 valence electrons. The molecule has 2 heteroatoms. The molecule has 0 spiro atoms. The van der Waals surface area contributed by atoms with E-state index < -0.39 is 0 Å². The minimum atomic E-state index is 0.740. The molecule has 17 heavy (non-hydrogen) atoms. The van der Waals surface area contributed by atoms with Gasteiger partial charge in [0.15, 0.2) is 0 Å². The molecule has 1 N–H and O–H groups in total. The Morgan fingerprint density at radius 2 is 2.00 bits per heavy atom. The van der Waals surface area contributed by atoms with Crippen molar-refractivity contribution in [3.8, 4) is 0 Å². The highest BCUT2D eigenvalue weighted by atomic mass is 32.1. The van der Waals surface area contributed by atoms with E-state index in [9.17, 15) is 0 Å². The van der Waals surface area contributed by atoms with E-state index in [0.717, 1.165) is 12.0 Å². The van der Waals surface area contributed by atoms with Crippen LogP contribution in [0.15, 0.2) is 12.1 Å². The van der Waals surface area contributed by atoms with Gasteiger partial charge in [0.05, 0.1) is 0 Å². The number of aryl methyl sites for hydroxylation is 2. The average Bonchev–Trinajstić information content (AvgIpc) is 3.00. The topological polar surface area (TPSA) is 12.0 Å². The number of hydrogen-bond donors (Lipinski definition) is 1. The number of nitrogens with one attached hydrogen (secondary N) is 1. The summed E-state index contributed by atoms with van der Waals surface area (Å²) in [4.78, 5) is 3.10. The molecule has 1 nitrogen and oxygen atoms in total. The van der Waals surface area contributed by atoms with Crippen molar-refractivity contribution in [2.24, 2.45) is 5.92 Å². The summed E-state index contributed by atoms with van der Waals surface area (Å²) in [5, 5.41) is 3.54. The van der Waals surface area contributed by atoms with Crippen LogP contribution in [-0.2, 0) is 12.8 Å². The summed E-state index contributed by atoms with van der Waals surface area (Å²) in [6.07, 6.45) is 9.52. The van der Waals surface area contributed by atoms with E-state index in [0.29, 0.717) is 0 Å². The Kier molecular flexibility index (Phi) is 5.05. The predicted molar refractivity (Wildman–Crippen MR) is 76.8 cm³/mol. The van der Waals surface area contributed by atoms with Gasteiger partial charge in [-0.1, -0.05) is 19.8 Å². The Hall–Kier alpha value is -0.340. The van der Waals surface area contributed by atoms with Gasteiger partial charge in [-0.2, -0.15) is 0 Å². The molecular weight excluding hydrogens is 226 g/mol. The number of rotatable bonds is 6. The molecule has 0 radical (unpaired) electrons. The van der Waals surface area contributed by atoms with Gasteiger partial charge in [-0.15, -0.1) is 11.3 Å². The minimum absolute atomic E-state index is 0.740. The lowest BCUT2D eigenvalue weighted by Gasteiger charge is -2.22. The van der Waals surface area contributed by atoms with Crippen molar-refractivity contribution in [3.63, 3.8) is 0 Å². The summed E-state index contributed by atoms with van der Waals surface area (Å²) in [5.74, 6) is 0.936. The fourth-order valence-electron chi connectivity index (χ4n) is 3.02. The summed E-state index contributed by atoms with van der Waals surface area (Å²) < 4.78 is 0. The smallest absolute Gasteiger partial charge is 0.00957 e. The average molecular weight is 251 g/mol. The third-order valence-electron chi connectivity index (χ3n) is 4.11. The molecule has 1 unspecified atom stereocenters. The van der Waals surface area contributed by atoms with Gasteiger partial charge in [0, 0.05) is 15.8 Å². The van der Waals surface area contributed by atoms with Gasteiger partial charge in [-0.3, -0.25) is 0 Å². The summed E-state index contributed by atoms with van der Waals surface area (Å²) in [6, 6.07) is 5.36. The van der Waals surface area contributed by atoms with Crippen molar-refractivity contribution in [3.05, 3.63) is 21.9 Å². The van der Waals surface area contributed by atoms with Gasteiger partial charge in [0.2, 0.25) is 0 Å². The normalized spacial score (nSPS) is 18.7. The maximum Gasteiger partial charge on any atom is 0.00957 e. The largest absolute Gasteiger partial charge is 0.317 e. The molecule has 0 bridgehead atoms. The van der Waals surface area contributed by atoms with Crippen LogP contribution in [0.1, 0.15) is 48.8 Å². The minimum Gasteiger partial charge on any atom is -0.317 e. The van der Waals surface area contributed by atoms with Gasteiger partial charge < -0.3 is 5.32 Å². The van der Waals surface area contributed by atoms with Crippen LogP contribution in [0.4, 0.5) is 0 Å². The molecule has 0 aliphatic heterocycles. The second kappa shape index (κ2) is 6.55. The standard InChI is InChI=1S/C15H25NS/c1-3-13-8-9-14(17-13)10-11-15(16-2)12-6-4-5-7-12/h8-9,12,15-16H,3-7,10-11H2,1-2H3. The van der Waals surface area contributed by atoms with Gasteiger partial charge in [0.1, 0.15) is 0 Å². The van der Waals surface area contributed by atoms with E-state index in [1.54, 1.807) is 4.88 Å². The lowest BCUT2D eigenvalue weighted by Crippen LogP contribution is -2.32. The number of hydrogen-bond acceptors (Lipinski definition) is 2. The van der Waals surface area contributed by atoms with Crippen molar-refractivity contribution < 1.29 is 0 Å². The zero-order chi connectivity index (χ0) is 12.1. The molecule has 1 aromatic heterocycles. The molecule has 1 fully saturated rings. The van der Waals surface area contributed by atoms with Crippen LogP contribution >= 0.6 is 11.3 Å². The lowest BCUT2D eigenvalue weighted by molar-refractivity contribution is 0.360. The van der Waals surface area contributed by atoms with E-state index in [-0.39, 0.29) is 0 Å². The highest BCUT2D eigenvalue weighted by Gasteiger charge is 2.23. The first-order valence-electron chi connectivity index (χ1n) is 7.08. The maximum atomic E-state index is 3.54. The first kappa shape index (κ1) is 13.1. The molecule has 1 heterocycles. The molecule has 0 amide bonds. The summed E-state index contributed by atoms with van der Waals surface area (Å²) >= 11 is 2.00. The molecule has 2 rings (SSSR count). The Bertz CT molecular complexity index is 325. The first-order chi connectivity index (χ1) is 8.33. The second-order valence-corrected chi connectivity index (χ2v) is 6.45. The van der Waals surface area contributed by atoms with Crippen LogP contribution in [-0.4, -0.2) is 13.1 Å². The Morgan fingerprint density at radius 1 is 1.29 bits per heavy atom. The van der Waals surface area contributed by atoms with Crippen LogP contribution in [0, 0.1) is 5.92 Å². The molecule has 0 saturated heterocycles. The van der Waals surface area contributed by atoms with Crippen molar-refractivity contribution in [2.75, 3.05) is 7.05 Å². The van der Waals surface area contributed by atoms with Crippen molar-refractivity contribution in [1.29, 1.82) is 0 Å². The van der Waals surface area contributed by atoms with E-state index in [1.807, 2.05) is 11.3 Å². The van der Waals surface area contributed by atoms with Crippen molar-refractivity contribution in [1.82, 2.24) is 5.32 Å². The molecule has 1 saturated carbocycles.